The average molecular weight is 419 g/mol. The molecule has 1 N–H and O–H groups in total. The fraction of sp³-hybridized carbons (Fsp3) is 0.357. The number of carbonyl (C=O) groups excluding carboxylic acids is 2. The lowest BCUT2D eigenvalue weighted by Crippen LogP contribution is -2.27. The fourth-order valence-electron chi connectivity index (χ4n) is 2.31. The van der Waals surface area contributed by atoms with Crippen molar-refractivity contribution in [1.29, 1.82) is 0 Å². The third kappa shape index (κ3) is 3.76. The molecule has 1 unspecified atom stereocenters. The molecule has 7 heteroatoms. The van der Waals surface area contributed by atoms with Crippen molar-refractivity contribution in [1.82, 2.24) is 0 Å². The molecule has 1 saturated heterocycles. The highest BCUT2D eigenvalue weighted by Gasteiger charge is 2.33. The minimum absolute atomic E-state index is 0.0291. The quantitative estimate of drug-likeness (QED) is 0.760. The number of aromatic carboxylic acids is 1. The number of thioether (sulfide) groups is 1. The summed E-state index contributed by atoms with van der Waals surface area (Å²) in [4.78, 5) is 36.1. The second-order valence-corrected chi connectivity index (χ2v) is 7.18. The monoisotopic (exact) mass is 419 g/mol. The maximum Gasteiger partial charge on any atom is 0.337 e. The van der Waals surface area contributed by atoms with Gasteiger partial charge in [-0.2, -0.15) is 0 Å². The summed E-state index contributed by atoms with van der Waals surface area (Å²) in [6.45, 7) is 1.96. The second kappa shape index (κ2) is 6.78. The van der Waals surface area contributed by atoms with Crippen molar-refractivity contribution >= 4 is 57.0 Å². The van der Waals surface area contributed by atoms with Gasteiger partial charge in [0.1, 0.15) is 0 Å². The van der Waals surface area contributed by atoms with Crippen molar-refractivity contribution in [2.45, 2.75) is 13.3 Å². The summed E-state index contributed by atoms with van der Waals surface area (Å²) in [5, 5.41) is 9.32. The largest absolute Gasteiger partial charge is 0.478 e. The number of carboxylic acids is 1. The van der Waals surface area contributed by atoms with Gasteiger partial charge < -0.3 is 10.0 Å². The van der Waals surface area contributed by atoms with Gasteiger partial charge in [0.25, 0.3) is 0 Å². The van der Waals surface area contributed by atoms with E-state index in [-0.39, 0.29) is 22.5 Å². The number of nitrogens with zero attached hydrogens (tertiary/aromatic N) is 1. The Morgan fingerprint density at radius 1 is 1.48 bits per heavy atom. The number of anilines is 1. The minimum atomic E-state index is -1.04. The number of para-hydroxylation sites is 1. The molecular formula is C14H14INO4S. The molecular weight excluding hydrogens is 405 g/mol. The summed E-state index contributed by atoms with van der Waals surface area (Å²) in [6, 6.07) is 4.95. The lowest BCUT2D eigenvalue weighted by molar-refractivity contribution is -0.117. The molecule has 0 spiro atoms. The van der Waals surface area contributed by atoms with Crippen molar-refractivity contribution in [2.75, 3.05) is 17.2 Å². The predicted octanol–water partition coefficient (Wildman–Crippen LogP) is 2.62. The molecule has 1 aliphatic heterocycles. The third-order valence-electron chi connectivity index (χ3n) is 3.21. The Labute approximate surface area is 140 Å². The van der Waals surface area contributed by atoms with Crippen LogP contribution in [0.3, 0.4) is 0 Å². The Kier molecular flexibility index (Phi) is 5.26. The smallest absolute Gasteiger partial charge is 0.337 e. The van der Waals surface area contributed by atoms with Gasteiger partial charge in [-0.3, -0.25) is 9.59 Å². The van der Waals surface area contributed by atoms with Gasteiger partial charge in [0.2, 0.25) is 5.91 Å². The maximum absolute atomic E-state index is 12.2. The van der Waals surface area contributed by atoms with E-state index in [1.54, 1.807) is 12.1 Å². The summed E-state index contributed by atoms with van der Waals surface area (Å²) < 4.78 is 0.737. The topological polar surface area (TPSA) is 74.7 Å². The highest BCUT2D eigenvalue weighted by molar-refractivity contribution is 14.1. The molecule has 1 amide bonds. The molecule has 0 aliphatic carbocycles. The number of rotatable bonds is 4. The van der Waals surface area contributed by atoms with Crippen molar-refractivity contribution < 1.29 is 19.5 Å². The lowest BCUT2D eigenvalue weighted by atomic mass is 10.1. The van der Waals surface area contributed by atoms with Crippen LogP contribution in [0.1, 0.15) is 23.7 Å². The van der Waals surface area contributed by atoms with Gasteiger partial charge in [-0.1, -0.05) is 17.8 Å². The SMILES string of the molecule is CC(=O)SCC1CC(=O)N(c2c(I)cccc2C(=O)O)C1. The molecule has 1 heterocycles. The second-order valence-electron chi connectivity index (χ2n) is 4.82. The highest BCUT2D eigenvalue weighted by atomic mass is 127. The third-order valence-corrected chi connectivity index (χ3v) is 5.13. The van der Waals surface area contributed by atoms with E-state index in [1.165, 1.54) is 29.7 Å². The van der Waals surface area contributed by atoms with Crippen LogP contribution in [0.4, 0.5) is 5.69 Å². The first-order valence-electron chi connectivity index (χ1n) is 6.35. The minimum Gasteiger partial charge on any atom is -0.478 e. The van der Waals surface area contributed by atoms with Crippen molar-refractivity contribution in [3.63, 3.8) is 0 Å². The Balaban J connectivity index is 2.25. The van der Waals surface area contributed by atoms with Crippen LogP contribution in [0.25, 0.3) is 0 Å². The van der Waals surface area contributed by atoms with Gasteiger partial charge in [0, 0.05) is 29.2 Å². The highest BCUT2D eigenvalue weighted by Crippen LogP contribution is 2.33. The van der Waals surface area contributed by atoms with Crippen LogP contribution in [0.5, 0.6) is 0 Å². The predicted molar refractivity (Wildman–Crippen MR) is 89.7 cm³/mol. The first kappa shape index (κ1) is 16.3. The number of hydrogen-bond donors (Lipinski definition) is 1. The molecule has 2 rings (SSSR count). The maximum atomic E-state index is 12.2. The number of amides is 1. The van der Waals surface area contributed by atoms with E-state index in [9.17, 15) is 19.5 Å². The standard InChI is InChI=1S/C14H14INO4S/c1-8(17)21-7-9-5-12(18)16(6-9)13-10(14(19)20)3-2-4-11(13)15/h2-4,9H,5-7H2,1H3,(H,19,20). The Hall–Kier alpha value is -1.09. The molecule has 1 atom stereocenters. The summed E-state index contributed by atoms with van der Waals surface area (Å²) in [5.41, 5.74) is 0.598. The molecule has 1 aromatic carbocycles. The first-order chi connectivity index (χ1) is 9.90. The van der Waals surface area contributed by atoms with Gasteiger partial charge in [0.15, 0.2) is 5.12 Å². The van der Waals surface area contributed by atoms with Crippen molar-refractivity contribution in [3.8, 4) is 0 Å². The van der Waals surface area contributed by atoms with Crippen LogP contribution < -0.4 is 4.90 Å². The fourth-order valence-corrected chi connectivity index (χ4v) is 3.79. The summed E-state index contributed by atoms with van der Waals surface area (Å²) in [6.07, 6.45) is 0.352. The lowest BCUT2D eigenvalue weighted by Gasteiger charge is -2.20. The summed E-state index contributed by atoms with van der Waals surface area (Å²) >= 11 is 3.25. The average Bonchev–Trinajstić information content (AvgIpc) is 2.77. The number of hydrogen-bond acceptors (Lipinski definition) is 4. The van der Waals surface area contributed by atoms with E-state index < -0.39 is 5.97 Å². The molecule has 112 valence electrons. The zero-order valence-corrected chi connectivity index (χ0v) is 14.3. The molecule has 0 radical (unpaired) electrons. The molecule has 5 nitrogen and oxygen atoms in total. The number of carboxylic acid groups (broad SMARTS) is 1. The molecule has 0 saturated carbocycles. The Morgan fingerprint density at radius 2 is 2.19 bits per heavy atom. The number of benzene rings is 1. The van der Waals surface area contributed by atoms with Crippen LogP contribution in [0, 0.1) is 9.49 Å². The molecule has 21 heavy (non-hydrogen) atoms. The van der Waals surface area contributed by atoms with E-state index >= 15 is 0 Å². The molecule has 1 aromatic rings. The van der Waals surface area contributed by atoms with Gasteiger partial charge >= 0.3 is 5.97 Å². The summed E-state index contributed by atoms with van der Waals surface area (Å²) in [7, 11) is 0. The molecule has 1 fully saturated rings. The van der Waals surface area contributed by atoms with Gasteiger partial charge in [-0.15, -0.1) is 0 Å². The van der Waals surface area contributed by atoms with E-state index in [0.717, 1.165) is 3.57 Å². The van der Waals surface area contributed by atoms with E-state index in [4.69, 9.17) is 0 Å². The van der Waals surface area contributed by atoms with E-state index in [1.807, 2.05) is 22.6 Å². The van der Waals surface area contributed by atoms with Crippen LogP contribution >= 0.6 is 34.4 Å². The van der Waals surface area contributed by atoms with Gasteiger partial charge in [-0.05, 0) is 40.6 Å². The van der Waals surface area contributed by atoms with Crippen LogP contribution in [0.15, 0.2) is 18.2 Å². The normalized spacial score (nSPS) is 18.1. The van der Waals surface area contributed by atoms with Crippen LogP contribution in [0.2, 0.25) is 0 Å². The molecule has 0 bridgehead atoms. The van der Waals surface area contributed by atoms with Gasteiger partial charge in [-0.25, -0.2) is 4.79 Å². The molecule has 1 aliphatic rings. The summed E-state index contributed by atoms with van der Waals surface area (Å²) in [5.74, 6) is -0.471. The first-order valence-corrected chi connectivity index (χ1v) is 8.42. The van der Waals surface area contributed by atoms with Crippen molar-refractivity contribution in [2.24, 2.45) is 5.92 Å². The number of halogens is 1. The Morgan fingerprint density at radius 3 is 2.81 bits per heavy atom. The zero-order valence-electron chi connectivity index (χ0n) is 11.3. The Bertz CT molecular complexity index is 605. The van der Waals surface area contributed by atoms with Crippen molar-refractivity contribution in [3.05, 3.63) is 27.3 Å². The zero-order chi connectivity index (χ0) is 15.6. The van der Waals surface area contributed by atoms with Crippen LogP contribution in [-0.4, -0.2) is 34.4 Å². The number of carbonyl (C=O) groups is 3. The van der Waals surface area contributed by atoms with Gasteiger partial charge in [0.05, 0.1) is 11.3 Å². The van der Waals surface area contributed by atoms with E-state index in [0.29, 0.717) is 24.4 Å². The van der Waals surface area contributed by atoms with E-state index in [2.05, 4.69) is 0 Å². The van der Waals surface area contributed by atoms with Crippen LogP contribution in [-0.2, 0) is 9.59 Å². The molecule has 0 aromatic heterocycles.